The summed E-state index contributed by atoms with van der Waals surface area (Å²) < 4.78 is 0. The van der Waals surface area contributed by atoms with Crippen LogP contribution in [0.3, 0.4) is 0 Å². The van der Waals surface area contributed by atoms with E-state index in [4.69, 9.17) is 5.73 Å². The molecule has 21 heavy (non-hydrogen) atoms. The molecular formula is C17H22N2O2. The van der Waals surface area contributed by atoms with Crippen molar-refractivity contribution in [2.75, 3.05) is 0 Å². The van der Waals surface area contributed by atoms with E-state index in [9.17, 15) is 9.90 Å². The van der Waals surface area contributed by atoms with Crippen LogP contribution in [0.4, 0.5) is 0 Å². The molecule has 0 aliphatic rings. The zero-order chi connectivity index (χ0) is 15.6. The quantitative estimate of drug-likeness (QED) is 0.791. The number of nitrogens with one attached hydrogen (secondary N) is 1. The van der Waals surface area contributed by atoms with Crippen LogP contribution < -0.4 is 11.1 Å². The Labute approximate surface area is 125 Å². The average Bonchev–Trinajstić information content (AvgIpc) is 2.44. The summed E-state index contributed by atoms with van der Waals surface area (Å²) in [7, 11) is 0. The SMILES string of the molecule is CC(NC(C(N)=O)C(C)C)c1ccc2ccccc2c1O. The molecule has 0 aliphatic carbocycles. The minimum absolute atomic E-state index is 0.0903. The number of fused-ring (bicyclic) bond motifs is 1. The van der Waals surface area contributed by atoms with E-state index >= 15 is 0 Å². The van der Waals surface area contributed by atoms with E-state index in [0.717, 1.165) is 16.3 Å². The molecule has 2 rings (SSSR count). The van der Waals surface area contributed by atoms with E-state index in [1.807, 2.05) is 57.2 Å². The molecule has 2 aromatic rings. The van der Waals surface area contributed by atoms with Gasteiger partial charge in [-0.1, -0.05) is 50.2 Å². The second-order valence-electron chi connectivity index (χ2n) is 5.74. The lowest BCUT2D eigenvalue weighted by atomic mass is 9.98. The van der Waals surface area contributed by atoms with Gasteiger partial charge in [0.1, 0.15) is 5.75 Å². The van der Waals surface area contributed by atoms with Crippen molar-refractivity contribution in [1.82, 2.24) is 5.32 Å². The molecule has 4 heteroatoms. The largest absolute Gasteiger partial charge is 0.507 e. The van der Waals surface area contributed by atoms with Crippen molar-refractivity contribution in [3.8, 4) is 5.75 Å². The molecule has 1 amide bonds. The Balaban J connectivity index is 2.33. The topological polar surface area (TPSA) is 75.3 Å². The molecule has 4 N–H and O–H groups in total. The molecule has 2 atom stereocenters. The number of phenols is 1. The number of carbonyl (C=O) groups is 1. The van der Waals surface area contributed by atoms with Crippen molar-refractivity contribution in [1.29, 1.82) is 0 Å². The normalized spacial score (nSPS) is 14.3. The van der Waals surface area contributed by atoms with Gasteiger partial charge in [-0.25, -0.2) is 0 Å². The van der Waals surface area contributed by atoms with Crippen LogP contribution in [-0.2, 0) is 4.79 Å². The number of aromatic hydroxyl groups is 1. The van der Waals surface area contributed by atoms with Crippen molar-refractivity contribution >= 4 is 16.7 Å². The third kappa shape index (κ3) is 3.16. The molecule has 112 valence electrons. The molecule has 2 aromatic carbocycles. The molecule has 0 radical (unpaired) electrons. The minimum atomic E-state index is -0.425. The maximum atomic E-state index is 11.5. The summed E-state index contributed by atoms with van der Waals surface area (Å²) in [6.07, 6.45) is 0. The highest BCUT2D eigenvalue weighted by molar-refractivity contribution is 5.89. The van der Waals surface area contributed by atoms with E-state index in [1.54, 1.807) is 0 Å². The predicted octanol–water partition coefficient (Wildman–Crippen LogP) is 2.71. The Morgan fingerprint density at radius 1 is 1.14 bits per heavy atom. The highest BCUT2D eigenvalue weighted by atomic mass is 16.3. The highest BCUT2D eigenvalue weighted by Crippen LogP contribution is 2.32. The lowest BCUT2D eigenvalue weighted by molar-refractivity contribution is -0.121. The van der Waals surface area contributed by atoms with Crippen LogP contribution in [0, 0.1) is 5.92 Å². The number of amides is 1. The van der Waals surface area contributed by atoms with Gasteiger partial charge in [0, 0.05) is 17.0 Å². The van der Waals surface area contributed by atoms with Crippen LogP contribution in [-0.4, -0.2) is 17.1 Å². The molecule has 0 heterocycles. The number of phenolic OH excluding ortho intramolecular Hbond substituents is 1. The van der Waals surface area contributed by atoms with Crippen molar-refractivity contribution in [3.63, 3.8) is 0 Å². The van der Waals surface area contributed by atoms with E-state index in [-0.39, 0.29) is 23.6 Å². The zero-order valence-corrected chi connectivity index (χ0v) is 12.6. The third-order valence-electron chi connectivity index (χ3n) is 3.80. The van der Waals surface area contributed by atoms with Crippen molar-refractivity contribution < 1.29 is 9.90 Å². The number of hydrogen-bond acceptors (Lipinski definition) is 3. The summed E-state index contributed by atoms with van der Waals surface area (Å²) in [5.74, 6) is -0.0373. The van der Waals surface area contributed by atoms with Gasteiger partial charge in [0.15, 0.2) is 0 Å². The highest BCUT2D eigenvalue weighted by Gasteiger charge is 2.23. The van der Waals surface area contributed by atoms with Gasteiger partial charge < -0.3 is 10.8 Å². The fraction of sp³-hybridized carbons (Fsp3) is 0.353. The number of primary amides is 1. The van der Waals surface area contributed by atoms with Crippen LogP contribution >= 0.6 is 0 Å². The maximum absolute atomic E-state index is 11.5. The van der Waals surface area contributed by atoms with Gasteiger partial charge in [0.05, 0.1) is 6.04 Å². The van der Waals surface area contributed by atoms with Crippen molar-refractivity contribution in [2.45, 2.75) is 32.9 Å². The van der Waals surface area contributed by atoms with Gasteiger partial charge in [-0.2, -0.15) is 0 Å². The van der Waals surface area contributed by atoms with E-state index in [0.29, 0.717) is 0 Å². The zero-order valence-electron chi connectivity index (χ0n) is 12.6. The van der Waals surface area contributed by atoms with Gasteiger partial charge >= 0.3 is 0 Å². The summed E-state index contributed by atoms with van der Waals surface area (Å²) in [4.78, 5) is 11.5. The first-order valence-electron chi connectivity index (χ1n) is 7.17. The third-order valence-corrected chi connectivity index (χ3v) is 3.80. The lowest BCUT2D eigenvalue weighted by Crippen LogP contribution is -2.45. The Morgan fingerprint density at radius 3 is 2.43 bits per heavy atom. The van der Waals surface area contributed by atoms with Crippen LogP contribution in [0.1, 0.15) is 32.4 Å². The van der Waals surface area contributed by atoms with Gasteiger partial charge in [0.2, 0.25) is 5.91 Å². The summed E-state index contributed by atoms with van der Waals surface area (Å²) in [6.45, 7) is 5.80. The molecule has 0 bridgehead atoms. The van der Waals surface area contributed by atoms with E-state index in [2.05, 4.69) is 5.32 Å². The maximum Gasteiger partial charge on any atom is 0.234 e. The fourth-order valence-corrected chi connectivity index (χ4v) is 2.58. The Kier molecular flexibility index (Phi) is 4.48. The Hall–Kier alpha value is -2.07. The molecule has 4 nitrogen and oxygen atoms in total. The average molecular weight is 286 g/mol. The summed E-state index contributed by atoms with van der Waals surface area (Å²) >= 11 is 0. The minimum Gasteiger partial charge on any atom is -0.507 e. The van der Waals surface area contributed by atoms with Crippen LogP contribution in [0.25, 0.3) is 10.8 Å². The lowest BCUT2D eigenvalue weighted by Gasteiger charge is -2.24. The number of carbonyl (C=O) groups excluding carboxylic acids is 1. The Bertz CT molecular complexity index is 652. The van der Waals surface area contributed by atoms with E-state index in [1.165, 1.54) is 0 Å². The summed E-state index contributed by atoms with van der Waals surface area (Å²) in [5.41, 5.74) is 6.19. The predicted molar refractivity (Wildman–Crippen MR) is 85.0 cm³/mol. The van der Waals surface area contributed by atoms with Crippen LogP contribution in [0.5, 0.6) is 5.75 Å². The number of benzene rings is 2. The molecule has 0 saturated carbocycles. The first kappa shape index (κ1) is 15.3. The van der Waals surface area contributed by atoms with E-state index < -0.39 is 6.04 Å². The number of rotatable bonds is 5. The molecule has 0 fully saturated rings. The molecule has 2 unspecified atom stereocenters. The van der Waals surface area contributed by atoms with Gasteiger partial charge in [0.25, 0.3) is 0 Å². The van der Waals surface area contributed by atoms with Crippen LogP contribution in [0.2, 0.25) is 0 Å². The smallest absolute Gasteiger partial charge is 0.234 e. The second-order valence-corrected chi connectivity index (χ2v) is 5.74. The van der Waals surface area contributed by atoms with Gasteiger partial charge in [-0.15, -0.1) is 0 Å². The monoisotopic (exact) mass is 286 g/mol. The molecule has 0 spiro atoms. The standard InChI is InChI=1S/C17H22N2O2/c1-10(2)15(17(18)21)19-11(3)13-9-8-12-6-4-5-7-14(12)16(13)20/h4-11,15,19-20H,1-3H3,(H2,18,21). The molecule has 0 aromatic heterocycles. The van der Waals surface area contributed by atoms with Crippen LogP contribution in [0.15, 0.2) is 36.4 Å². The molecule has 0 aliphatic heterocycles. The molecule has 0 saturated heterocycles. The first-order chi connectivity index (χ1) is 9.91. The second kappa shape index (κ2) is 6.14. The number of hydrogen-bond donors (Lipinski definition) is 3. The first-order valence-corrected chi connectivity index (χ1v) is 7.17. The van der Waals surface area contributed by atoms with Gasteiger partial charge in [-0.05, 0) is 18.2 Å². The fourth-order valence-electron chi connectivity index (χ4n) is 2.58. The summed E-state index contributed by atoms with van der Waals surface area (Å²) in [6, 6.07) is 10.9. The number of nitrogens with two attached hydrogens (primary N) is 1. The summed E-state index contributed by atoms with van der Waals surface area (Å²) in [5, 5.41) is 15.5. The van der Waals surface area contributed by atoms with Crippen molar-refractivity contribution in [2.24, 2.45) is 11.7 Å². The Morgan fingerprint density at radius 2 is 1.81 bits per heavy atom. The van der Waals surface area contributed by atoms with Gasteiger partial charge in [-0.3, -0.25) is 10.1 Å². The molecular weight excluding hydrogens is 264 g/mol. The van der Waals surface area contributed by atoms with Crippen molar-refractivity contribution in [3.05, 3.63) is 42.0 Å².